The third kappa shape index (κ3) is 8.26. The zero-order chi connectivity index (χ0) is 16.2. The fraction of sp³-hybridized carbons (Fsp3) is 0.500. The highest BCUT2D eigenvalue weighted by molar-refractivity contribution is 5.74. The van der Waals surface area contributed by atoms with Gasteiger partial charge in [0.1, 0.15) is 0 Å². The van der Waals surface area contributed by atoms with Crippen LogP contribution < -0.4 is 11.0 Å². The summed E-state index contributed by atoms with van der Waals surface area (Å²) in [6.45, 7) is 1.99. The van der Waals surface area contributed by atoms with Crippen molar-refractivity contribution in [2.75, 3.05) is 12.6 Å². The molecule has 122 valence electrons. The van der Waals surface area contributed by atoms with Gasteiger partial charge in [0.15, 0.2) is 0 Å². The Balaban J connectivity index is 2.01. The molecule has 0 bridgehead atoms. The molecule has 1 aromatic carbocycles. The number of carbonyl (C=O) groups excluding carboxylic acids is 2. The number of amides is 1. The van der Waals surface area contributed by atoms with E-state index in [2.05, 4.69) is 15.8 Å². The Bertz CT molecular complexity index is 460. The van der Waals surface area contributed by atoms with E-state index < -0.39 is 0 Å². The van der Waals surface area contributed by atoms with Crippen LogP contribution >= 0.6 is 0 Å². The minimum absolute atomic E-state index is 0.121. The van der Waals surface area contributed by atoms with Crippen LogP contribution in [0.2, 0.25) is 0 Å². The predicted octanol–water partition coefficient (Wildman–Crippen LogP) is 2.88. The van der Waals surface area contributed by atoms with E-state index in [-0.39, 0.29) is 11.9 Å². The minimum Gasteiger partial charge on any atom is -0.343 e. The molecule has 0 saturated carbocycles. The highest BCUT2D eigenvalue weighted by Crippen LogP contribution is 2.10. The standard InChI is InChI=1S/C16H24N2O4/c1-13-9-11-14(12-10-13)17-22-16(20)8-6-4-3-5-7-15(19)18-21-2/h9-12,17H,3-8H2,1-2H3,(H,18,19). The summed E-state index contributed by atoms with van der Waals surface area (Å²) in [6, 6.07) is 7.59. The van der Waals surface area contributed by atoms with E-state index in [1.54, 1.807) is 0 Å². The Morgan fingerprint density at radius 3 is 2.27 bits per heavy atom. The summed E-state index contributed by atoms with van der Waals surface area (Å²) < 4.78 is 0. The van der Waals surface area contributed by atoms with Gasteiger partial charge in [0.25, 0.3) is 0 Å². The first-order valence-electron chi connectivity index (χ1n) is 7.46. The molecule has 0 aliphatic heterocycles. The van der Waals surface area contributed by atoms with E-state index in [9.17, 15) is 9.59 Å². The van der Waals surface area contributed by atoms with Crippen LogP contribution in [0.25, 0.3) is 0 Å². The molecule has 0 aliphatic rings. The number of unbranched alkanes of at least 4 members (excludes halogenated alkanes) is 3. The zero-order valence-corrected chi connectivity index (χ0v) is 13.2. The summed E-state index contributed by atoms with van der Waals surface area (Å²) in [6.07, 6.45) is 4.12. The van der Waals surface area contributed by atoms with E-state index in [1.165, 1.54) is 7.11 Å². The molecule has 0 saturated heterocycles. The number of hydrogen-bond donors (Lipinski definition) is 2. The molecule has 0 unspecified atom stereocenters. The maximum Gasteiger partial charge on any atom is 0.332 e. The van der Waals surface area contributed by atoms with Crippen molar-refractivity contribution in [3.05, 3.63) is 29.8 Å². The Morgan fingerprint density at radius 1 is 1.00 bits per heavy atom. The Kier molecular flexibility index (Phi) is 8.67. The van der Waals surface area contributed by atoms with Gasteiger partial charge >= 0.3 is 5.97 Å². The average molecular weight is 308 g/mol. The molecule has 1 rings (SSSR count). The molecule has 1 amide bonds. The van der Waals surface area contributed by atoms with Crippen molar-refractivity contribution in [1.82, 2.24) is 5.48 Å². The minimum atomic E-state index is -0.280. The van der Waals surface area contributed by atoms with Crippen LogP contribution in [0, 0.1) is 6.92 Å². The molecule has 0 radical (unpaired) electrons. The lowest BCUT2D eigenvalue weighted by Crippen LogP contribution is -2.21. The molecule has 0 heterocycles. The Labute approximate surface area is 131 Å². The van der Waals surface area contributed by atoms with Crippen LogP contribution in [0.5, 0.6) is 0 Å². The van der Waals surface area contributed by atoms with E-state index >= 15 is 0 Å². The molecule has 2 N–H and O–H groups in total. The predicted molar refractivity (Wildman–Crippen MR) is 83.7 cm³/mol. The Hall–Kier alpha value is -2.08. The van der Waals surface area contributed by atoms with Crippen LogP contribution in [0.1, 0.15) is 44.1 Å². The van der Waals surface area contributed by atoms with Crippen LogP contribution in [0.3, 0.4) is 0 Å². The topological polar surface area (TPSA) is 76.7 Å². The van der Waals surface area contributed by atoms with Gasteiger partial charge in [-0.25, -0.2) is 15.8 Å². The number of rotatable bonds is 10. The first-order valence-corrected chi connectivity index (χ1v) is 7.46. The number of hydrogen-bond acceptors (Lipinski definition) is 5. The number of hydroxylamine groups is 1. The van der Waals surface area contributed by atoms with Crippen molar-refractivity contribution in [3.8, 4) is 0 Å². The monoisotopic (exact) mass is 308 g/mol. The van der Waals surface area contributed by atoms with Crippen LogP contribution in [0.4, 0.5) is 5.69 Å². The normalized spacial score (nSPS) is 10.1. The van der Waals surface area contributed by atoms with Crippen molar-refractivity contribution in [3.63, 3.8) is 0 Å². The van der Waals surface area contributed by atoms with Gasteiger partial charge in [0, 0.05) is 12.8 Å². The molecule has 6 nitrogen and oxygen atoms in total. The maximum absolute atomic E-state index is 11.5. The van der Waals surface area contributed by atoms with E-state index in [0.29, 0.717) is 12.8 Å². The SMILES string of the molecule is CONC(=O)CCCCCCC(=O)ONc1ccc(C)cc1. The molecular weight excluding hydrogens is 284 g/mol. The largest absolute Gasteiger partial charge is 0.343 e. The quantitative estimate of drug-likeness (QED) is 0.513. The van der Waals surface area contributed by atoms with Gasteiger partial charge in [-0.15, -0.1) is 0 Å². The second-order valence-corrected chi connectivity index (χ2v) is 5.09. The summed E-state index contributed by atoms with van der Waals surface area (Å²) in [7, 11) is 1.41. The van der Waals surface area contributed by atoms with E-state index in [4.69, 9.17) is 4.84 Å². The summed E-state index contributed by atoms with van der Waals surface area (Å²) in [5.41, 5.74) is 6.81. The lowest BCUT2D eigenvalue weighted by molar-refractivity contribution is -0.140. The summed E-state index contributed by atoms with van der Waals surface area (Å²) >= 11 is 0. The lowest BCUT2D eigenvalue weighted by Gasteiger charge is -2.07. The molecule has 6 heteroatoms. The number of nitrogens with one attached hydrogen (secondary N) is 2. The van der Waals surface area contributed by atoms with E-state index in [1.807, 2.05) is 31.2 Å². The highest BCUT2D eigenvalue weighted by atomic mass is 16.7. The van der Waals surface area contributed by atoms with Crippen LogP contribution in [-0.2, 0) is 19.3 Å². The second kappa shape index (κ2) is 10.6. The number of aryl methyl sites for hydroxylation is 1. The fourth-order valence-electron chi connectivity index (χ4n) is 1.86. The van der Waals surface area contributed by atoms with Gasteiger partial charge < -0.3 is 4.84 Å². The molecular formula is C16H24N2O4. The van der Waals surface area contributed by atoms with Gasteiger partial charge in [-0.2, -0.15) is 0 Å². The molecule has 22 heavy (non-hydrogen) atoms. The second-order valence-electron chi connectivity index (χ2n) is 5.09. The zero-order valence-electron chi connectivity index (χ0n) is 13.2. The van der Waals surface area contributed by atoms with Crippen molar-refractivity contribution in [2.45, 2.75) is 45.4 Å². The third-order valence-corrected chi connectivity index (χ3v) is 3.08. The molecule has 1 aromatic rings. The van der Waals surface area contributed by atoms with Crippen LogP contribution in [-0.4, -0.2) is 19.0 Å². The molecule has 0 fully saturated rings. The van der Waals surface area contributed by atoms with Gasteiger partial charge in [-0.3, -0.25) is 9.63 Å². The first kappa shape index (κ1) is 18.0. The van der Waals surface area contributed by atoms with Gasteiger partial charge in [-0.1, -0.05) is 30.5 Å². The summed E-state index contributed by atoms with van der Waals surface area (Å²) in [5.74, 6) is -0.401. The molecule has 0 aliphatic carbocycles. The lowest BCUT2D eigenvalue weighted by atomic mass is 10.1. The van der Waals surface area contributed by atoms with Crippen molar-refractivity contribution >= 4 is 17.6 Å². The maximum atomic E-state index is 11.5. The van der Waals surface area contributed by atoms with Crippen molar-refractivity contribution in [1.29, 1.82) is 0 Å². The first-order chi connectivity index (χ1) is 10.6. The Morgan fingerprint density at radius 2 is 1.64 bits per heavy atom. The fourth-order valence-corrected chi connectivity index (χ4v) is 1.86. The molecule has 0 aromatic heterocycles. The number of carbonyl (C=O) groups is 2. The number of anilines is 1. The smallest absolute Gasteiger partial charge is 0.332 e. The number of benzene rings is 1. The van der Waals surface area contributed by atoms with Gasteiger partial charge in [0.05, 0.1) is 12.8 Å². The van der Waals surface area contributed by atoms with Gasteiger partial charge in [0.2, 0.25) is 5.91 Å². The third-order valence-electron chi connectivity index (χ3n) is 3.08. The van der Waals surface area contributed by atoms with Crippen LogP contribution in [0.15, 0.2) is 24.3 Å². The van der Waals surface area contributed by atoms with Crippen molar-refractivity contribution in [2.24, 2.45) is 0 Å². The molecule has 0 atom stereocenters. The summed E-state index contributed by atoms with van der Waals surface area (Å²) in [4.78, 5) is 32.1. The summed E-state index contributed by atoms with van der Waals surface area (Å²) in [5, 5.41) is 0. The van der Waals surface area contributed by atoms with Gasteiger partial charge in [-0.05, 0) is 31.9 Å². The average Bonchev–Trinajstić information content (AvgIpc) is 2.50. The molecule has 0 spiro atoms. The van der Waals surface area contributed by atoms with Crippen molar-refractivity contribution < 1.29 is 19.3 Å². The van der Waals surface area contributed by atoms with E-state index in [0.717, 1.165) is 36.9 Å². The highest BCUT2D eigenvalue weighted by Gasteiger charge is 2.04.